The maximum absolute atomic E-state index is 13.8. The number of rotatable bonds is 11. The van der Waals surface area contributed by atoms with Crippen LogP contribution in [0.25, 0.3) is 0 Å². The van der Waals surface area contributed by atoms with Crippen molar-refractivity contribution in [3.63, 3.8) is 0 Å². The Morgan fingerprint density at radius 2 is 1.22 bits per heavy atom. The Morgan fingerprint density at radius 3 is 1.73 bits per heavy atom. The number of halogens is 2. The van der Waals surface area contributed by atoms with E-state index >= 15 is 0 Å². The van der Waals surface area contributed by atoms with Gasteiger partial charge in [-0.2, -0.15) is 0 Å². The van der Waals surface area contributed by atoms with Crippen LogP contribution >= 0.6 is 0 Å². The van der Waals surface area contributed by atoms with E-state index in [1.54, 1.807) is 0 Å². The van der Waals surface area contributed by atoms with Crippen molar-refractivity contribution in [2.75, 3.05) is 26.3 Å². The lowest BCUT2D eigenvalue weighted by molar-refractivity contribution is -0.350. The molecule has 2 fully saturated rings. The third-order valence-electron chi connectivity index (χ3n) is 10.0. The van der Waals surface area contributed by atoms with Crippen LogP contribution in [0.2, 0.25) is 0 Å². The molecule has 6 rings (SSSR count). The predicted octanol–water partition coefficient (Wildman–Crippen LogP) is -2.30. The summed E-state index contributed by atoms with van der Waals surface area (Å²) in [5, 5.41) is 96.3. The van der Waals surface area contributed by atoms with Crippen LogP contribution in [0.5, 0.6) is 11.5 Å². The Morgan fingerprint density at radius 1 is 0.686 bits per heavy atom. The van der Waals surface area contributed by atoms with Crippen molar-refractivity contribution in [1.82, 2.24) is 4.90 Å². The SMILES string of the molecule is OC[C@H]1O[C@@H](O[C@H]2[C@H](O)[C@@H](O)C(N(C[C@H](O)[C@@H]3CCc4cc(F)ccc4O3)C[C@H](O)[C@H]3CCc4cc(F)ccc4O3)O[C@@H]2CO)[C@H](O)[C@@H](O)[C@H]1O. The highest BCUT2D eigenvalue weighted by Crippen LogP contribution is 2.34. The quantitative estimate of drug-likeness (QED) is 0.118. The number of benzene rings is 2. The monoisotopic (exact) mass is 729 g/mol. The van der Waals surface area contributed by atoms with Crippen LogP contribution in [-0.4, -0.2) is 163 Å². The van der Waals surface area contributed by atoms with Crippen molar-refractivity contribution >= 4 is 0 Å². The highest BCUT2D eigenvalue weighted by molar-refractivity contribution is 5.37. The molecule has 9 N–H and O–H groups in total. The van der Waals surface area contributed by atoms with Crippen molar-refractivity contribution in [2.45, 2.75) is 111 Å². The number of aryl methyl sites for hydroxylation is 2. The van der Waals surface area contributed by atoms with Gasteiger partial charge in [0.05, 0.1) is 13.2 Å². The molecular formula is C34H45F2NO14. The molecule has 2 aromatic rings. The van der Waals surface area contributed by atoms with E-state index in [1.165, 1.54) is 41.3 Å². The lowest BCUT2D eigenvalue weighted by Crippen LogP contribution is -2.67. The van der Waals surface area contributed by atoms with Crippen molar-refractivity contribution in [3.05, 3.63) is 59.2 Å². The van der Waals surface area contributed by atoms with E-state index in [0.29, 0.717) is 48.3 Å². The van der Waals surface area contributed by atoms with Gasteiger partial charge in [0.1, 0.15) is 103 Å². The number of hydrogen-bond donors (Lipinski definition) is 9. The van der Waals surface area contributed by atoms with Gasteiger partial charge in [0.25, 0.3) is 0 Å². The molecule has 15 nitrogen and oxygen atoms in total. The molecule has 4 aliphatic rings. The standard InChI is InChI=1S/C34H45F2NO14/c35-17-3-7-21-15(9-17)1-5-23(47-21)19(40)11-37(12-20(41)24-6-2-16-10-18(36)4-8-22(16)48-24)33-30(45)29(44)32(26(14-39)49-33)51-34-31(46)28(43)27(42)25(13-38)50-34/h3-4,7-10,19-20,23-34,38-46H,1-2,5-6,11-14H2/t19-,20-,23-,24+,25+,26+,27-,28-,29+,30+,31+,32+,33?,34-/m0/s1. The molecule has 0 radical (unpaired) electrons. The number of aliphatic hydroxyl groups is 9. The molecule has 1 unspecified atom stereocenters. The smallest absolute Gasteiger partial charge is 0.187 e. The van der Waals surface area contributed by atoms with E-state index < -0.39 is 111 Å². The molecule has 0 spiro atoms. The summed E-state index contributed by atoms with van der Waals surface area (Å²) in [7, 11) is 0. The van der Waals surface area contributed by atoms with Gasteiger partial charge in [-0.1, -0.05) is 0 Å². The van der Waals surface area contributed by atoms with Crippen LogP contribution in [0.1, 0.15) is 24.0 Å². The molecule has 17 heteroatoms. The van der Waals surface area contributed by atoms with Crippen LogP contribution < -0.4 is 9.47 Å². The topological polar surface area (TPSA) is 231 Å². The Labute approximate surface area is 291 Å². The van der Waals surface area contributed by atoms with Gasteiger partial charge in [-0.05, 0) is 73.2 Å². The summed E-state index contributed by atoms with van der Waals surface area (Å²) in [5.41, 5.74) is 1.26. The first kappa shape index (κ1) is 38.1. The van der Waals surface area contributed by atoms with E-state index in [2.05, 4.69) is 0 Å². The van der Waals surface area contributed by atoms with Crippen molar-refractivity contribution in [2.24, 2.45) is 0 Å². The van der Waals surface area contributed by atoms with Crippen LogP contribution in [0.3, 0.4) is 0 Å². The van der Waals surface area contributed by atoms with Crippen LogP contribution in [0, 0.1) is 11.6 Å². The van der Waals surface area contributed by atoms with Crippen molar-refractivity contribution in [1.29, 1.82) is 0 Å². The molecular weight excluding hydrogens is 684 g/mol. The molecule has 0 amide bonds. The third-order valence-corrected chi connectivity index (χ3v) is 10.0. The first-order valence-corrected chi connectivity index (χ1v) is 17.0. The molecule has 2 saturated heterocycles. The Kier molecular flexibility index (Phi) is 12.1. The second-order valence-electron chi connectivity index (χ2n) is 13.5. The number of aliphatic hydroxyl groups excluding tert-OH is 9. The molecule has 0 bridgehead atoms. The maximum Gasteiger partial charge on any atom is 0.187 e. The highest BCUT2D eigenvalue weighted by atomic mass is 19.1. The fourth-order valence-electron chi connectivity index (χ4n) is 7.17. The van der Waals surface area contributed by atoms with Gasteiger partial charge >= 0.3 is 0 Å². The number of ether oxygens (including phenoxy) is 5. The summed E-state index contributed by atoms with van der Waals surface area (Å²) in [6.07, 6.45) is -19.2. The molecule has 0 aliphatic carbocycles. The second-order valence-corrected chi connectivity index (χ2v) is 13.5. The normalized spacial score (nSPS) is 36.4. The third kappa shape index (κ3) is 8.16. The minimum Gasteiger partial charge on any atom is -0.487 e. The average molecular weight is 730 g/mol. The fourth-order valence-corrected chi connectivity index (χ4v) is 7.17. The largest absolute Gasteiger partial charge is 0.487 e. The van der Waals surface area contributed by atoms with E-state index in [1.807, 2.05) is 0 Å². The summed E-state index contributed by atoms with van der Waals surface area (Å²) in [5.74, 6) is -0.0734. The molecule has 284 valence electrons. The average Bonchev–Trinajstić information content (AvgIpc) is 3.12. The van der Waals surface area contributed by atoms with Crippen LogP contribution in [-0.2, 0) is 27.1 Å². The summed E-state index contributed by atoms with van der Waals surface area (Å²) in [4.78, 5) is 1.36. The van der Waals surface area contributed by atoms with Gasteiger partial charge in [0, 0.05) is 13.1 Å². The van der Waals surface area contributed by atoms with Crippen molar-refractivity contribution < 1.29 is 78.4 Å². The van der Waals surface area contributed by atoms with Gasteiger partial charge < -0.3 is 69.6 Å². The fraction of sp³-hybridized carbons (Fsp3) is 0.647. The molecule has 0 saturated carbocycles. The molecule has 4 aliphatic heterocycles. The van der Waals surface area contributed by atoms with Crippen LogP contribution in [0.15, 0.2) is 36.4 Å². The molecule has 14 atom stereocenters. The summed E-state index contributed by atoms with van der Waals surface area (Å²) in [6, 6.07) is 8.09. The van der Waals surface area contributed by atoms with E-state index in [-0.39, 0.29) is 13.1 Å². The highest BCUT2D eigenvalue weighted by Gasteiger charge is 2.52. The van der Waals surface area contributed by atoms with Gasteiger partial charge in [0.15, 0.2) is 6.29 Å². The Hall–Kier alpha value is -2.62. The predicted molar refractivity (Wildman–Crippen MR) is 168 cm³/mol. The lowest BCUT2D eigenvalue weighted by atomic mass is 9.94. The van der Waals surface area contributed by atoms with Crippen LogP contribution in [0.4, 0.5) is 8.78 Å². The zero-order valence-electron chi connectivity index (χ0n) is 27.5. The first-order valence-electron chi connectivity index (χ1n) is 17.0. The second kappa shape index (κ2) is 16.2. The lowest BCUT2D eigenvalue weighted by Gasteiger charge is -2.49. The van der Waals surface area contributed by atoms with Gasteiger partial charge in [-0.25, -0.2) is 8.78 Å². The summed E-state index contributed by atoms with van der Waals surface area (Å²) >= 11 is 0. The Bertz CT molecular complexity index is 1400. The van der Waals surface area contributed by atoms with Gasteiger partial charge in [-0.3, -0.25) is 4.90 Å². The number of hydrogen-bond acceptors (Lipinski definition) is 15. The zero-order valence-corrected chi connectivity index (χ0v) is 27.5. The van der Waals surface area contributed by atoms with E-state index in [0.717, 1.165) is 0 Å². The van der Waals surface area contributed by atoms with Gasteiger partial charge in [0.2, 0.25) is 0 Å². The molecule has 4 heterocycles. The molecule has 51 heavy (non-hydrogen) atoms. The van der Waals surface area contributed by atoms with Gasteiger partial charge in [-0.15, -0.1) is 0 Å². The minimum absolute atomic E-state index is 0.294. The zero-order chi connectivity index (χ0) is 36.6. The van der Waals surface area contributed by atoms with Crippen molar-refractivity contribution in [3.8, 4) is 11.5 Å². The van der Waals surface area contributed by atoms with E-state index in [9.17, 15) is 54.7 Å². The summed E-state index contributed by atoms with van der Waals surface area (Å²) < 4.78 is 56.6. The minimum atomic E-state index is -1.85. The number of fused-ring (bicyclic) bond motifs is 2. The molecule has 2 aromatic carbocycles. The van der Waals surface area contributed by atoms with E-state index in [4.69, 9.17) is 23.7 Å². The summed E-state index contributed by atoms with van der Waals surface area (Å²) in [6.45, 7) is -2.13. The molecule has 0 aromatic heterocycles. The maximum atomic E-state index is 13.8. The first-order chi connectivity index (χ1) is 24.4. The Balaban J connectivity index is 1.21. The number of nitrogens with zero attached hydrogens (tertiary/aromatic N) is 1.